The summed E-state index contributed by atoms with van der Waals surface area (Å²) in [6, 6.07) is 18.7. The van der Waals surface area contributed by atoms with E-state index in [0.29, 0.717) is 34.1 Å². The van der Waals surface area contributed by atoms with E-state index in [4.69, 9.17) is 9.47 Å². The number of esters is 1. The molecule has 226 valence electrons. The smallest absolute Gasteiger partial charge is 0.350 e. The van der Waals surface area contributed by atoms with Gasteiger partial charge in [-0.05, 0) is 62.2 Å². The first-order chi connectivity index (χ1) is 21.7. The molecule has 1 aliphatic rings. The lowest BCUT2D eigenvalue weighted by Crippen LogP contribution is -2.29. The number of para-hydroxylation sites is 1. The molecule has 4 heterocycles. The number of Topliss-reactive ketones (excluding diaryl/α,β-unsaturated/α-hetero) is 1. The van der Waals surface area contributed by atoms with Gasteiger partial charge in [-0.25, -0.2) is 14.8 Å². The van der Waals surface area contributed by atoms with Crippen LogP contribution in [-0.4, -0.2) is 43.7 Å². The number of imidazole rings is 1. The van der Waals surface area contributed by atoms with Gasteiger partial charge in [-0.15, -0.1) is 0 Å². The van der Waals surface area contributed by atoms with Crippen LogP contribution in [0.3, 0.4) is 0 Å². The number of hydrogen-bond donors (Lipinski definition) is 1. The molecule has 10 nitrogen and oxygen atoms in total. The van der Waals surface area contributed by atoms with Crippen LogP contribution in [0.15, 0.2) is 91.2 Å². The van der Waals surface area contributed by atoms with Crippen molar-refractivity contribution >= 4 is 45.5 Å². The topological polar surface area (TPSA) is 123 Å². The van der Waals surface area contributed by atoms with Gasteiger partial charge in [0.15, 0.2) is 10.9 Å². The Labute approximate surface area is 262 Å². The maximum Gasteiger partial charge on any atom is 0.350 e. The van der Waals surface area contributed by atoms with Crippen molar-refractivity contribution in [1.82, 2.24) is 14.4 Å². The number of amides is 1. The summed E-state index contributed by atoms with van der Waals surface area (Å²) in [5.41, 5.74) is 2.89. The van der Waals surface area contributed by atoms with Gasteiger partial charge in [-0.2, -0.15) is 0 Å². The number of benzene rings is 2. The molecule has 1 N–H and O–H groups in total. The lowest BCUT2D eigenvalue weighted by molar-refractivity contribution is -0.132. The molecular weight excluding hydrogens is 592 g/mol. The fraction of sp³-hybridized carbons (Fsp3) is 0.147. The standard InChI is InChI=1S/C34H28N4O6S/c1-5-17-43-33(42)30-20(3)35-34(45-30)38-27(22-12-9-15-24(18-22)44-23-13-7-6-8-14-23)25(29(40)32(38)41)28(39)26-21(4)37-16-10-11-19(2)31(37)36-26/h5-16,18,27,39H,1,17H2,2-4H3. The molecule has 0 saturated carbocycles. The summed E-state index contributed by atoms with van der Waals surface area (Å²) in [5, 5.41) is 11.9. The number of carbonyl (C=O) groups is 3. The molecule has 0 aliphatic carbocycles. The van der Waals surface area contributed by atoms with Crippen LogP contribution < -0.4 is 9.64 Å². The molecule has 1 fully saturated rings. The second kappa shape index (κ2) is 11.9. The van der Waals surface area contributed by atoms with Gasteiger partial charge in [-0.3, -0.25) is 14.5 Å². The molecule has 1 saturated heterocycles. The first-order valence-corrected chi connectivity index (χ1v) is 14.8. The van der Waals surface area contributed by atoms with Crippen molar-refractivity contribution in [2.24, 2.45) is 0 Å². The van der Waals surface area contributed by atoms with E-state index >= 15 is 0 Å². The van der Waals surface area contributed by atoms with E-state index in [2.05, 4.69) is 16.5 Å². The van der Waals surface area contributed by atoms with E-state index in [-0.39, 0.29) is 27.9 Å². The number of carbonyl (C=O) groups excluding carboxylic acids is 3. The fourth-order valence-electron chi connectivity index (χ4n) is 5.27. The van der Waals surface area contributed by atoms with Crippen LogP contribution in [0.1, 0.15) is 43.9 Å². The summed E-state index contributed by atoms with van der Waals surface area (Å²) >= 11 is 0.923. The molecule has 0 radical (unpaired) electrons. The summed E-state index contributed by atoms with van der Waals surface area (Å²) < 4.78 is 13.1. The molecule has 1 amide bonds. The first-order valence-electron chi connectivity index (χ1n) is 14.0. The zero-order valence-electron chi connectivity index (χ0n) is 24.7. The lowest BCUT2D eigenvalue weighted by Gasteiger charge is -2.23. The van der Waals surface area contributed by atoms with Crippen LogP contribution in [-0.2, 0) is 14.3 Å². The van der Waals surface area contributed by atoms with Gasteiger partial charge in [0, 0.05) is 6.20 Å². The van der Waals surface area contributed by atoms with Crippen LogP contribution in [0.25, 0.3) is 11.4 Å². The SMILES string of the molecule is C=CCOC(=O)c1sc(N2C(=O)C(=O)C(=C(O)c3nc4c(C)cccn4c3C)C2c2cccc(Oc3ccccc3)c2)nc1C. The Morgan fingerprint density at radius 3 is 2.51 bits per heavy atom. The number of aryl methyl sites for hydroxylation is 3. The molecule has 1 atom stereocenters. The molecule has 11 heteroatoms. The summed E-state index contributed by atoms with van der Waals surface area (Å²) in [7, 11) is 0. The van der Waals surface area contributed by atoms with E-state index in [0.717, 1.165) is 16.9 Å². The number of rotatable bonds is 8. The molecule has 3 aromatic heterocycles. The third-order valence-corrected chi connectivity index (χ3v) is 8.55. The van der Waals surface area contributed by atoms with Crippen molar-refractivity contribution in [3.63, 3.8) is 0 Å². The number of aromatic nitrogens is 3. The second-order valence-corrected chi connectivity index (χ2v) is 11.4. The number of nitrogens with zero attached hydrogens (tertiary/aromatic N) is 4. The van der Waals surface area contributed by atoms with Crippen LogP contribution in [0, 0.1) is 20.8 Å². The van der Waals surface area contributed by atoms with Crippen LogP contribution >= 0.6 is 11.3 Å². The normalized spacial score (nSPS) is 15.9. The molecule has 45 heavy (non-hydrogen) atoms. The minimum Gasteiger partial charge on any atom is -0.505 e. The summed E-state index contributed by atoms with van der Waals surface area (Å²) in [6.07, 6.45) is 3.26. The zero-order chi connectivity index (χ0) is 31.8. The van der Waals surface area contributed by atoms with Gasteiger partial charge >= 0.3 is 11.9 Å². The van der Waals surface area contributed by atoms with E-state index in [1.807, 2.05) is 47.9 Å². The maximum absolute atomic E-state index is 13.8. The van der Waals surface area contributed by atoms with Crippen molar-refractivity contribution in [2.75, 3.05) is 11.5 Å². The van der Waals surface area contributed by atoms with Gasteiger partial charge in [0.2, 0.25) is 0 Å². The highest BCUT2D eigenvalue weighted by atomic mass is 32.1. The highest BCUT2D eigenvalue weighted by Gasteiger charge is 2.49. The van der Waals surface area contributed by atoms with Gasteiger partial charge in [-0.1, -0.05) is 60.4 Å². The Hall–Kier alpha value is -5.55. The molecule has 0 bridgehead atoms. The number of aliphatic hydroxyl groups is 1. The van der Waals surface area contributed by atoms with E-state index in [1.165, 1.54) is 11.0 Å². The van der Waals surface area contributed by atoms with Crippen LogP contribution in [0.5, 0.6) is 11.5 Å². The minimum absolute atomic E-state index is 0.00205. The summed E-state index contributed by atoms with van der Waals surface area (Å²) in [5.74, 6) is -1.82. The number of anilines is 1. The number of ether oxygens (including phenoxy) is 2. The van der Waals surface area contributed by atoms with Gasteiger partial charge in [0.1, 0.15) is 34.3 Å². The van der Waals surface area contributed by atoms with Crippen molar-refractivity contribution < 1.29 is 29.0 Å². The number of thiazole rings is 1. The lowest BCUT2D eigenvalue weighted by atomic mass is 9.96. The highest BCUT2D eigenvalue weighted by molar-refractivity contribution is 7.17. The summed E-state index contributed by atoms with van der Waals surface area (Å²) in [4.78, 5) is 50.9. The largest absolute Gasteiger partial charge is 0.505 e. The quantitative estimate of drug-likeness (QED) is 0.0688. The van der Waals surface area contributed by atoms with Crippen molar-refractivity contribution in [3.8, 4) is 11.5 Å². The number of fused-ring (bicyclic) bond motifs is 1. The number of ketones is 1. The van der Waals surface area contributed by atoms with E-state index in [9.17, 15) is 19.5 Å². The Bertz CT molecular complexity index is 2030. The average Bonchev–Trinajstić information content (AvgIpc) is 3.67. The highest BCUT2D eigenvalue weighted by Crippen LogP contribution is 2.45. The molecule has 1 aliphatic heterocycles. The molecule has 0 spiro atoms. The first kappa shape index (κ1) is 29.5. The number of aliphatic hydroxyl groups excluding tert-OH is 1. The molecule has 6 rings (SSSR count). The van der Waals surface area contributed by atoms with Crippen LogP contribution in [0.2, 0.25) is 0 Å². The number of pyridine rings is 1. The fourth-order valence-corrected chi connectivity index (χ4v) is 6.25. The third kappa shape index (κ3) is 5.27. The number of hydrogen-bond acceptors (Lipinski definition) is 9. The molecule has 5 aromatic rings. The molecular formula is C34H28N4O6S. The Kier molecular flexibility index (Phi) is 7.78. The average molecular weight is 621 g/mol. The predicted molar refractivity (Wildman–Crippen MR) is 170 cm³/mol. The second-order valence-electron chi connectivity index (χ2n) is 10.4. The molecule has 1 unspecified atom stereocenters. The van der Waals surface area contributed by atoms with Crippen molar-refractivity contribution in [2.45, 2.75) is 26.8 Å². The Morgan fingerprint density at radius 1 is 1.02 bits per heavy atom. The maximum atomic E-state index is 13.8. The van der Waals surface area contributed by atoms with Gasteiger partial charge in [0.25, 0.3) is 5.78 Å². The van der Waals surface area contributed by atoms with Gasteiger partial charge in [0.05, 0.1) is 23.0 Å². The Morgan fingerprint density at radius 2 is 1.78 bits per heavy atom. The molecule has 2 aromatic carbocycles. The van der Waals surface area contributed by atoms with Gasteiger partial charge < -0.3 is 19.0 Å². The zero-order valence-corrected chi connectivity index (χ0v) is 25.5. The monoisotopic (exact) mass is 620 g/mol. The van der Waals surface area contributed by atoms with Crippen molar-refractivity contribution in [1.29, 1.82) is 0 Å². The summed E-state index contributed by atoms with van der Waals surface area (Å²) in [6.45, 7) is 8.85. The van der Waals surface area contributed by atoms with E-state index in [1.54, 1.807) is 50.2 Å². The predicted octanol–water partition coefficient (Wildman–Crippen LogP) is 6.48. The third-order valence-electron chi connectivity index (χ3n) is 7.41. The minimum atomic E-state index is -1.11. The Balaban J connectivity index is 1.53. The van der Waals surface area contributed by atoms with E-state index < -0.39 is 29.5 Å². The van der Waals surface area contributed by atoms with Crippen LogP contribution in [0.4, 0.5) is 5.13 Å². The van der Waals surface area contributed by atoms with Crippen molar-refractivity contribution in [3.05, 3.63) is 124 Å².